The predicted octanol–water partition coefficient (Wildman–Crippen LogP) is 7.74. The maximum Gasteiger partial charge on any atom is 0.232 e. The van der Waals surface area contributed by atoms with Crippen LogP contribution in [0.3, 0.4) is 0 Å². The Labute approximate surface area is 238 Å². The summed E-state index contributed by atoms with van der Waals surface area (Å²) in [7, 11) is 0. The van der Waals surface area contributed by atoms with E-state index in [1.807, 2.05) is 76.8 Å². The maximum absolute atomic E-state index is 14.9. The van der Waals surface area contributed by atoms with E-state index in [0.717, 1.165) is 29.1 Å². The highest BCUT2D eigenvalue weighted by Crippen LogP contribution is 2.44. The zero-order valence-electron chi connectivity index (χ0n) is 21.5. The van der Waals surface area contributed by atoms with Gasteiger partial charge in [-0.2, -0.15) is 4.39 Å². The van der Waals surface area contributed by atoms with Gasteiger partial charge in [0.25, 0.3) is 0 Å². The molecule has 198 valence electrons. The molecule has 0 spiro atoms. The van der Waals surface area contributed by atoms with E-state index in [1.54, 1.807) is 6.07 Å². The Hall–Kier alpha value is -5.08. The largest absolute Gasteiger partial charge is 0.312 e. The third-order valence-electron chi connectivity index (χ3n) is 7.14. The first kappa shape index (κ1) is 24.9. The van der Waals surface area contributed by atoms with Crippen LogP contribution in [0.1, 0.15) is 16.7 Å². The van der Waals surface area contributed by atoms with E-state index in [-0.39, 0.29) is 17.0 Å². The van der Waals surface area contributed by atoms with Crippen molar-refractivity contribution < 1.29 is 8.78 Å². The summed E-state index contributed by atoms with van der Waals surface area (Å²) in [5.74, 6) is -1.05. The van der Waals surface area contributed by atoms with Gasteiger partial charge >= 0.3 is 0 Å². The second-order valence-electron chi connectivity index (χ2n) is 9.45. The molecule has 0 N–H and O–H groups in total. The van der Waals surface area contributed by atoms with Crippen LogP contribution >= 0.6 is 11.3 Å². The van der Waals surface area contributed by atoms with Crippen molar-refractivity contribution in [2.45, 2.75) is 5.54 Å². The van der Waals surface area contributed by atoms with Crippen molar-refractivity contribution in [3.05, 3.63) is 156 Å². The first-order valence-electron chi connectivity index (χ1n) is 12.9. The van der Waals surface area contributed by atoms with Gasteiger partial charge in [-0.25, -0.2) is 24.3 Å². The number of halogens is 2. The van der Waals surface area contributed by atoms with Crippen molar-refractivity contribution in [3.63, 3.8) is 0 Å². The lowest BCUT2D eigenvalue weighted by molar-refractivity contribution is 0.527. The molecule has 7 rings (SSSR count). The molecule has 4 heterocycles. The minimum Gasteiger partial charge on any atom is -0.312 e. The summed E-state index contributed by atoms with van der Waals surface area (Å²) in [4.78, 5) is 18.4. The number of benzene rings is 3. The maximum atomic E-state index is 14.9. The molecule has 0 fully saturated rings. The average Bonchev–Trinajstić information content (AvgIpc) is 3.69. The quantitative estimate of drug-likeness (QED) is 0.196. The summed E-state index contributed by atoms with van der Waals surface area (Å²) < 4.78 is 31.6. The molecule has 0 aliphatic heterocycles. The van der Waals surface area contributed by atoms with Crippen molar-refractivity contribution in [2.75, 3.05) is 0 Å². The summed E-state index contributed by atoms with van der Waals surface area (Å²) in [5.41, 5.74) is 3.30. The molecule has 7 aromatic rings. The Morgan fingerprint density at radius 3 is 1.83 bits per heavy atom. The molecule has 3 aromatic carbocycles. The first-order valence-corrected chi connectivity index (χ1v) is 13.8. The van der Waals surface area contributed by atoms with E-state index in [9.17, 15) is 8.78 Å². The van der Waals surface area contributed by atoms with Crippen LogP contribution in [0.5, 0.6) is 0 Å². The smallest absolute Gasteiger partial charge is 0.232 e. The van der Waals surface area contributed by atoms with Gasteiger partial charge in [0.15, 0.2) is 17.3 Å². The number of aromatic nitrogens is 5. The molecule has 0 aliphatic rings. The van der Waals surface area contributed by atoms with Crippen LogP contribution in [0.25, 0.3) is 33.1 Å². The summed E-state index contributed by atoms with van der Waals surface area (Å²) >= 11 is 1.38. The first-order chi connectivity index (χ1) is 20.2. The average molecular weight is 558 g/mol. The van der Waals surface area contributed by atoms with Gasteiger partial charge in [0, 0.05) is 6.20 Å². The Morgan fingerprint density at radius 1 is 0.659 bits per heavy atom. The minimum atomic E-state index is -0.927. The zero-order chi connectivity index (χ0) is 27.8. The van der Waals surface area contributed by atoms with Crippen LogP contribution in [0.4, 0.5) is 8.78 Å². The minimum absolute atomic E-state index is 0.177. The molecule has 0 amide bonds. The van der Waals surface area contributed by atoms with Crippen molar-refractivity contribution in [3.8, 4) is 22.0 Å². The molecule has 0 saturated carbocycles. The fourth-order valence-corrected chi connectivity index (χ4v) is 6.14. The SMILES string of the molecule is Fc1cnc2c(n1)c(-c1ncc(F)c(-c3cccs3)n1)cn2C(c1ccccc1)(c1ccccc1)c1ccccc1. The highest BCUT2D eigenvalue weighted by Gasteiger charge is 2.40. The fraction of sp³-hybridized carbons (Fsp3) is 0.0303. The van der Waals surface area contributed by atoms with Crippen molar-refractivity contribution in [1.29, 1.82) is 0 Å². The summed E-state index contributed by atoms with van der Waals surface area (Å²) in [6, 6.07) is 33.9. The lowest BCUT2D eigenvalue weighted by atomic mass is 9.76. The normalized spacial score (nSPS) is 11.7. The second kappa shape index (κ2) is 10.1. The van der Waals surface area contributed by atoms with Gasteiger partial charge in [0.05, 0.1) is 22.8 Å². The van der Waals surface area contributed by atoms with Gasteiger partial charge in [-0.1, -0.05) is 97.1 Å². The number of hydrogen-bond acceptors (Lipinski definition) is 5. The third-order valence-corrected chi connectivity index (χ3v) is 8.02. The number of hydrogen-bond donors (Lipinski definition) is 0. The molecular weight excluding hydrogens is 536 g/mol. The van der Waals surface area contributed by atoms with E-state index in [2.05, 4.69) is 56.3 Å². The molecule has 8 heteroatoms. The number of rotatable bonds is 6. The highest BCUT2D eigenvalue weighted by molar-refractivity contribution is 7.13. The molecule has 0 unspecified atom stereocenters. The molecule has 0 atom stereocenters. The number of nitrogens with zero attached hydrogens (tertiary/aromatic N) is 5. The number of thiophene rings is 1. The molecule has 5 nitrogen and oxygen atoms in total. The molecule has 0 aliphatic carbocycles. The Morgan fingerprint density at radius 2 is 1.27 bits per heavy atom. The third kappa shape index (κ3) is 4.11. The molecule has 41 heavy (non-hydrogen) atoms. The highest BCUT2D eigenvalue weighted by atomic mass is 32.1. The van der Waals surface area contributed by atoms with Crippen LogP contribution in [0.2, 0.25) is 0 Å². The molecule has 0 bridgehead atoms. The van der Waals surface area contributed by atoms with Gasteiger partial charge in [0.2, 0.25) is 5.95 Å². The molecule has 0 saturated heterocycles. The van der Waals surface area contributed by atoms with Gasteiger partial charge in [-0.15, -0.1) is 11.3 Å². The second-order valence-corrected chi connectivity index (χ2v) is 10.4. The lowest BCUT2D eigenvalue weighted by Crippen LogP contribution is -2.37. The van der Waals surface area contributed by atoms with Gasteiger partial charge in [-0.3, -0.25) is 0 Å². The van der Waals surface area contributed by atoms with E-state index in [1.165, 1.54) is 11.3 Å². The van der Waals surface area contributed by atoms with Crippen molar-refractivity contribution >= 4 is 22.5 Å². The summed E-state index contributed by atoms with van der Waals surface area (Å²) in [6.07, 6.45) is 4.10. The summed E-state index contributed by atoms with van der Waals surface area (Å²) in [5, 5.41) is 1.86. The van der Waals surface area contributed by atoms with Gasteiger partial charge in [-0.05, 0) is 28.1 Å². The Balaban J connectivity index is 1.60. The molecular formula is C33H21F2N5S. The zero-order valence-corrected chi connectivity index (χ0v) is 22.3. The topological polar surface area (TPSA) is 56.5 Å². The van der Waals surface area contributed by atoms with Crippen LogP contribution in [-0.4, -0.2) is 24.5 Å². The van der Waals surface area contributed by atoms with Gasteiger partial charge in [0.1, 0.15) is 16.7 Å². The van der Waals surface area contributed by atoms with Crippen LogP contribution < -0.4 is 0 Å². The number of fused-ring (bicyclic) bond motifs is 1. The Kier molecular flexibility index (Phi) is 6.17. The predicted molar refractivity (Wildman–Crippen MR) is 156 cm³/mol. The van der Waals surface area contributed by atoms with Crippen LogP contribution in [0.15, 0.2) is 127 Å². The van der Waals surface area contributed by atoms with E-state index in [4.69, 9.17) is 0 Å². The summed E-state index contributed by atoms with van der Waals surface area (Å²) in [6.45, 7) is 0. The monoisotopic (exact) mass is 557 g/mol. The van der Waals surface area contributed by atoms with Gasteiger partial charge < -0.3 is 4.57 Å². The van der Waals surface area contributed by atoms with E-state index >= 15 is 0 Å². The van der Waals surface area contributed by atoms with Crippen LogP contribution in [0, 0.1) is 11.8 Å². The molecule has 0 radical (unpaired) electrons. The Bertz CT molecular complexity index is 1860. The van der Waals surface area contributed by atoms with E-state index in [0.29, 0.717) is 16.1 Å². The standard InChI is InChI=1S/C33H21F2N5S/c34-26-19-36-31(39-30(26)27-17-10-18-41-27)25-21-40(32-29(25)38-28(35)20-37-32)33(22-11-4-1-5-12-22,23-13-6-2-7-14-23)24-15-8-3-9-16-24/h1-21H. The lowest BCUT2D eigenvalue weighted by Gasteiger charge is -2.38. The van der Waals surface area contributed by atoms with Crippen molar-refractivity contribution in [1.82, 2.24) is 24.5 Å². The van der Waals surface area contributed by atoms with Crippen molar-refractivity contribution in [2.24, 2.45) is 0 Å². The molecule has 4 aromatic heterocycles. The fourth-order valence-electron chi connectivity index (χ4n) is 5.43. The van der Waals surface area contributed by atoms with Crippen LogP contribution in [-0.2, 0) is 5.54 Å². The van der Waals surface area contributed by atoms with E-state index < -0.39 is 17.3 Å².